The van der Waals surface area contributed by atoms with Crippen molar-refractivity contribution >= 4 is 15.9 Å². The van der Waals surface area contributed by atoms with Gasteiger partial charge < -0.3 is 5.32 Å². The van der Waals surface area contributed by atoms with E-state index in [1.54, 1.807) is 0 Å². The van der Waals surface area contributed by atoms with Gasteiger partial charge in [0.1, 0.15) is 0 Å². The fourth-order valence-electron chi connectivity index (χ4n) is 3.86. The molecule has 4 heteroatoms. The minimum atomic E-state index is 0.439. The van der Waals surface area contributed by atoms with E-state index >= 15 is 0 Å². The van der Waals surface area contributed by atoms with E-state index in [2.05, 4.69) is 51.8 Å². The Morgan fingerprint density at radius 3 is 2.57 bits per heavy atom. The third-order valence-corrected chi connectivity index (χ3v) is 5.52. The number of nitrogens with zero attached hydrogens (tertiary/aromatic N) is 2. The van der Waals surface area contributed by atoms with Crippen molar-refractivity contribution in [1.82, 2.24) is 15.1 Å². The molecular weight excluding hydrogens is 326 g/mol. The van der Waals surface area contributed by atoms with E-state index in [9.17, 15) is 0 Å². The van der Waals surface area contributed by atoms with Gasteiger partial charge in [0.2, 0.25) is 0 Å². The van der Waals surface area contributed by atoms with Crippen LogP contribution in [0.4, 0.5) is 0 Å². The lowest BCUT2D eigenvalue weighted by atomic mass is 9.76. The minimum Gasteiger partial charge on any atom is -0.309 e. The van der Waals surface area contributed by atoms with Gasteiger partial charge in [0.15, 0.2) is 0 Å². The van der Waals surface area contributed by atoms with E-state index in [1.165, 1.54) is 44.2 Å². The maximum atomic E-state index is 4.51. The molecule has 1 aromatic heterocycles. The van der Waals surface area contributed by atoms with Gasteiger partial charge >= 0.3 is 0 Å². The Kier molecular flexibility index (Phi) is 6.74. The lowest BCUT2D eigenvalue weighted by Crippen LogP contribution is -2.33. The van der Waals surface area contributed by atoms with Crippen LogP contribution in [0, 0.1) is 11.8 Å². The molecule has 1 aromatic rings. The molecule has 0 saturated heterocycles. The van der Waals surface area contributed by atoms with Gasteiger partial charge in [-0.1, -0.05) is 39.5 Å². The van der Waals surface area contributed by atoms with E-state index in [4.69, 9.17) is 0 Å². The van der Waals surface area contributed by atoms with Crippen LogP contribution in [0.1, 0.15) is 71.0 Å². The van der Waals surface area contributed by atoms with Gasteiger partial charge in [-0.15, -0.1) is 0 Å². The molecule has 0 spiro atoms. The largest absolute Gasteiger partial charge is 0.309 e. The first-order valence-corrected chi connectivity index (χ1v) is 9.45. The Morgan fingerprint density at radius 1 is 1.29 bits per heavy atom. The maximum Gasteiger partial charge on any atom is 0.0698 e. The predicted octanol–water partition coefficient (Wildman–Crippen LogP) is 4.92. The SMILES string of the molecule is CCCC1CCC(C(NCC)c2c(Br)cnn2CC)CC1. The highest BCUT2D eigenvalue weighted by Gasteiger charge is 2.31. The molecule has 1 heterocycles. The zero-order valence-electron chi connectivity index (χ0n) is 13.7. The molecule has 1 unspecified atom stereocenters. The molecule has 21 heavy (non-hydrogen) atoms. The van der Waals surface area contributed by atoms with Crippen molar-refractivity contribution in [1.29, 1.82) is 0 Å². The standard InChI is InChI=1S/C17H30BrN3/c1-4-7-13-8-10-14(11-9-13)16(19-5-2)17-15(18)12-20-21(17)6-3/h12-14,16,19H,4-11H2,1-3H3. The Bertz CT molecular complexity index is 422. The molecule has 120 valence electrons. The second-order valence-electron chi connectivity index (χ2n) is 6.30. The van der Waals surface area contributed by atoms with Gasteiger partial charge in [-0.05, 0) is 54.1 Å². The predicted molar refractivity (Wildman–Crippen MR) is 92.4 cm³/mol. The van der Waals surface area contributed by atoms with Crippen LogP contribution in [0.5, 0.6) is 0 Å². The molecule has 3 nitrogen and oxygen atoms in total. The summed E-state index contributed by atoms with van der Waals surface area (Å²) in [4.78, 5) is 0. The van der Waals surface area contributed by atoms with Gasteiger partial charge in [0.25, 0.3) is 0 Å². The Labute approximate surface area is 138 Å². The number of hydrogen-bond acceptors (Lipinski definition) is 2. The number of nitrogens with one attached hydrogen (secondary N) is 1. The van der Waals surface area contributed by atoms with Crippen molar-refractivity contribution in [3.8, 4) is 0 Å². The topological polar surface area (TPSA) is 29.9 Å². The zero-order chi connectivity index (χ0) is 15.2. The van der Waals surface area contributed by atoms with Crippen LogP contribution >= 0.6 is 15.9 Å². The van der Waals surface area contributed by atoms with Crippen LogP contribution in [-0.4, -0.2) is 16.3 Å². The van der Waals surface area contributed by atoms with Crippen LogP contribution < -0.4 is 5.32 Å². The summed E-state index contributed by atoms with van der Waals surface area (Å²) in [6, 6.07) is 0.439. The van der Waals surface area contributed by atoms with Gasteiger partial charge in [-0.25, -0.2) is 0 Å². The van der Waals surface area contributed by atoms with Crippen molar-refractivity contribution in [3.63, 3.8) is 0 Å². The highest BCUT2D eigenvalue weighted by atomic mass is 79.9. The maximum absolute atomic E-state index is 4.51. The van der Waals surface area contributed by atoms with Gasteiger partial charge in [0.05, 0.1) is 22.4 Å². The van der Waals surface area contributed by atoms with Gasteiger partial charge in [-0.2, -0.15) is 5.10 Å². The third kappa shape index (κ3) is 4.10. The summed E-state index contributed by atoms with van der Waals surface area (Å²) >= 11 is 3.71. The molecule has 1 saturated carbocycles. The van der Waals surface area contributed by atoms with Crippen molar-refractivity contribution < 1.29 is 0 Å². The van der Waals surface area contributed by atoms with Crippen LogP contribution in [0.15, 0.2) is 10.7 Å². The van der Waals surface area contributed by atoms with E-state index in [1.807, 2.05) is 6.20 Å². The Hall–Kier alpha value is -0.350. The van der Waals surface area contributed by atoms with E-state index in [0.29, 0.717) is 6.04 Å². The van der Waals surface area contributed by atoms with Crippen LogP contribution in [0.2, 0.25) is 0 Å². The van der Waals surface area contributed by atoms with Crippen LogP contribution in [0.25, 0.3) is 0 Å². The van der Waals surface area contributed by atoms with Crippen LogP contribution in [-0.2, 0) is 6.54 Å². The fourth-order valence-corrected chi connectivity index (χ4v) is 4.40. The number of halogens is 1. The molecule has 0 bridgehead atoms. The van der Waals surface area contributed by atoms with Gasteiger partial charge in [0, 0.05) is 6.54 Å². The van der Waals surface area contributed by atoms with Crippen molar-refractivity contribution in [2.75, 3.05) is 6.54 Å². The van der Waals surface area contributed by atoms with E-state index in [-0.39, 0.29) is 0 Å². The molecule has 0 radical (unpaired) electrons. The highest BCUT2D eigenvalue weighted by molar-refractivity contribution is 9.10. The molecule has 1 atom stereocenters. The first-order valence-electron chi connectivity index (χ1n) is 8.65. The summed E-state index contributed by atoms with van der Waals surface area (Å²) in [5, 5.41) is 8.23. The van der Waals surface area contributed by atoms with Crippen molar-refractivity contribution in [3.05, 3.63) is 16.4 Å². The van der Waals surface area contributed by atoms with Gasteiger partial charge in [-0.3, -0.25) is 4.68 Å². The second-order valence-corrected chi connectivity index (χ2v) is 7.15. The number of hydrogen-bond donors (Lipinski definition) is 1. The minimum absolute atomic E-state index is 0.439. The summed E-state index contributed by atoms with van der Waals surface area (Å²) < 4.78 is 3.31. The highest BCUT2D eigenvalue weighted by Crippen LogP contribution is 2.40. The van der Waals surface area contributed by atoms with Crippen LogP contribution in [0.3, 0.4) is 0 Å². The molecule has 0 aliphatic heterocycles. The molecule has 1 N–H and O–H groups in total. The Morgan fingerprint density at radius 2 is 2.00 bits per heavy atom. The third-order valence-electron chi connectivity index (χ3n) is 4.91. The van der Waals surface area contributed by atoms with Crippen molar-refractivity contribution in [2.45, 2.75) is 71.9 Å². The number of rotatable bonds is 7. The van der Waals surface area contributed by atoms with E-state index in [0.717, 1.165) is 29.4 Å². The molecule has 2 rings (SSSR count). The van der Waals surface area contributed by atoms with Crippen molar-refractivity contribution in [2.24, 2.45) is 11.8 Å². The molecule has 0 aromatic carbocycles. The summed E-state index contributed by atoms with van der Waals surface area (Å²) in [5.74, 6) is 1.71. The summed E-state index contributed by atoms with van der Waals surface area (Å²) in [6.07, 6.45) is 10.2. The summed E-state index contributed by atoms with van der Waals surface area (Å²) in [5.41, 5.74) is 1.35. The molecule has 1 aliphatic rings. The first kappa shape index (κ1) is 17.0. The summed E-state index contributed by atoms with van der Waals surface area (Å²) in [7, 11) is 0. The molecule has 0 amide bonds. The lowest BCUT2D eigenvalue weighted by Gasteiger charge is -2.34. The zero-order valence-corrected chi connectivity index (χ0v) is 15.3. The first-order chi connectivity index (χ1) is 10.2. The quantitative estimate of drug-likeness (QED) is 0.751. The molecule has 1 aliphatic carbocycles. The average Bonchev–Trinajstić information content (AvgIpc) is 2.87. The van der Waals surface area contributed by atoms with E-state index < -0.39 is 0 Å². The second kappa shape index (κ2) is 8.33. The fraction of sp³-hybridized carbons (Fsp3) is 0.824. The average molecular weight is 356 g/mol. The lowest BCUT2D eigenvalue weighted by molar-refractivity contribution is 0.209. The number of aryl methyl sites for hydroxylation is 1. The molecule has 1 fully saturated rings. The summed E-state index contributed by atoms with van der Waals surface area (Å²) in [6.45, 7) is 8.64. The monoisotopic (exact) mass is 355 g/mol. The number of aromatic nitrogens is 2. The smallest absolute Gasteiger partial charge is 0.0698 e. The molecular formula is C17H30BrN3. The Balaban J connectivity index is 2.11. The normalized spacial score (nSPS) is 24.2.